The quantitative estimate of drug-likeness (QED) is 0.818. The lowest BCUT2D eigenvalue weighted by Crippen LogP contribution is -2.29. The molecule has 0 bridgehead atoms. The highest BCUT2D eigenvalue weighted by molar-refractivity contribution is 5.79. The van der Waals surface area contributed by atoms with E-state index in [0.29, 0.717) is 5.75 Å². The van der Waals surface area contributed by atoms with Crippen LogP contribution in [0.5, 0.6) is 11.5 Å². The first-order valence-corrected chi connectivity index (χ1v) is 8.59. The number of phenols is 1. The van der Waals surface area contributed by atoms with E-state index in [1.807, 2.05) is 16.9 Å². The highest BCUT2D eigenvalue weighted by Crippen LogP contribution is 2.49. The van der Waals surface area contributed by atoms with E-state index in [2.05, 4.69) is 38.9 Å². The van der Waals surface area contributed by atoms with Crippen LogP contribution in [0.2, 0.25) is 0 Å². The molecule has 1 aromatic heterocycles. The smallest absolute Gasteiger partial charge is 0.134 e. The maximum absolute atomic E-state index is 10.6. The fraction of sp³-hybridized carbons (Fsp3) is 0.526. The molecule has 2 heterocycles. The number of fused-ring (bicyclic) bond motifs is 3. The molecule has 0 radical (unpaired) electrons. The fourth-order valence-electron chi connectivity index (χ4n) is 3.36. The molecule has 1 aliphatic rings. The molecule has 0 aliphatic carbocycles. The summed E-state index contributed by atoms with van der Waals surface area (Å²) in [7, 11) is 0. The van der Waals surface area contributed by atoms with Gasteiger partial charge in [-0.05, 0) is 51.3 Å². The molecular weight excluding hydrogens is 288 g/mol. The largest absolute Gasteiger partial charge is 0.507 e. The van der Waals surface area contributed by atoms with Gasteiger partial charge in [0.1, 0.15) is 17.1 Å². The Kier molecular flexibility index (Phi) is 4.09. The Labute approximate surface area is 138 Å². The predicted molar refractivity (Wildman–Crippen MR) is 91.9 cm³/mol. The molecule has 4 nitrogen and oxygen atoms in total. The van der Waals surface area contributed by atoms with Crippen LogP contribution in [0.3, 0.4) is 0 Å². The molecule has 4 heteroatoms. The van der Waals surface area contributed by atoms with Crippen LogP contribution in [-0.2, 0) is 18.6 Å². The number of benzene rings is 1. The molecule has 0 unspecified atom stereocenters. The minimum atomic E-state index is -0.440. The van der Waals surface area contributed by atoms with Crippen molar-refractivity contribution in [2.75, 3.05) is 0 Å². The number of unbranched alkanes of at least 4 members (excludes halogenated alkanes) is 2. The van der Waals surface area contributed by atoms with Crippen LogP contribution < -0.4 is 4.74 Å². The Bertz CT molecular complexity index is 716. The number of hydrogen-bond acceptors (Lipinski definition) is 3. The van der Waals surface area contributed by atoms with Crippen LogP contribution in [-0.4, -0.2) is 14.9 Å². The second kappa shape index (κ2) is 5.91. The van der Waals surface area contributed by atoms with Crippen molar-refractivity contribution in [3.05, 3.63) is 29.5 Å². The lowest BCUT2D eigenvalue weighted by Gasteiger charge is -2.33. The zero-order valence-corrected chi connectivity index (χ0v) is 14.5. The second-order valence-corrected chi connectivity index (χ2v) is 6.78. The number of ether oxygens (including phenoxy) is 1. The summed E-state index contributed by atoms with van der Waals surface area (Å²) in [5, 5.41) is 15.1. The average Bonchev–Trinajstić information content (AvgIpc) is 2.91. The lowest BCUT2D eigenvalue weighted by atomic mass is 9.90. The van der Waals surface area contributed by atoms with Gasteiger partial charge in [-0.15, -0.1) is 0 Å². The monoisotopic (exact) mass is 314 g/mol. The SMILES string of the molecule is CCCCCc1cc(O)c2c(c1)OC(C)(C)c1cnn(CC)c1-2. The molecular formula is C19H26N2O2. The topological polar surface area (TPSA) is 47.3 Å². The summed E-state index contributed by atoms with van der Waals surface area (Å²) in [6.45, 7) is 9.13. The summed E-state index contributed by atoms with van der Waals surface area (Å²) < 4.78 is 8.16. The van der Waals surface area contributed by atoms with Gasteiger partial charge in [-0.1, -0.05) is 19.8 Å². The summed E-state index contributed by atoms with van der Waals surface area (Å²) in [6.07, 6.45) is 6.36. The Morgan fingerprint density at radius 3 is 2.70 bits per heavy atom. The van der Waals surface area contributed by atoms with Gasteiger partial charge in [0.15, 0.2) is 0 Å². The van der Waals surface area contributed by atoms with Crippen molar-refractivity contribution in [2.45, 2.75) is 65.5 Å². The van der Waals surface area contributed by atoms with Gasteiger partial charge in [0.2, 0.25) is 0 Å². The van der Waals surface area contributed by atoms with E-state index in [1.165, 1.54) is 12.8 Å². The van der Waals surface area contributed by atoms with Crippen LogP contribution in [0.15, 0.2) is 18.3 Å². The maximum atomic E-state index is 10.6. The number of rotatable bonds is 5. The first-order valence-electron chi connectivity index (χ1n) is 8.59. The number of aromatic nitrogens is 2. The molecule has 0 saturated carbocycles. The maximum Gasteiger partial charge on any atom is 0.134 e. The molecule has 0 amide bonds. The molecule has 124 valence electrons. The third kappa shape index (κ3) is 2.71. The standard InChI is InChI=1S/C19H26N2O2/c1-5-7-8-9-13-10-15(22)17-16(11-13)23-19(3,4)14-12-20-21(6-2)18(14)17/h10-12,22H,5-9H2,1-4H3. The summed E-state index contributed by atoms with van der Waals surface area (Å²) in [6, 6.07) is 3.97. The Morgan fingerprint density at radius 1 is 1.22 bits per heavy atom. The summed E-state index contributed by atoms with van der Waals surface area (Å²) in [5.74, 6) is 1.06. The molecule has 0 spiro atoms. The predicted octanol–water partition coefficient (Wildman–Crippen LogP) is 4.64. The Hall–Kier alpha value is -1.97. The van der Waals surface area contributed by atoms with Crippen molar-refractivity contribution in [3.8, 4) is 22.8 Å². The first kappa shape index (κ1) is 15.9. The van der Waals surface area contributed by atoms with Crippen molar-refractivity contribution >= 4 is 0 Å². The van der Waals surface area contributed by atoms with Crippen LogP contribution in [0.4, 0.5) is 0 Å². The van der Waals surface area contributed by atoms with Gasteiger partial charge >= 0.3 is 0 Å². The summed E-state index contributed by atoms with van der Waals surface area (Å²) >= 11 is 0. The van der Waals surface area contributed by atoms with E-state index in [-0.39, 0.29) is 0 Å². The van der Waals surface area contributed by atoms with Gasteiger partial charge in [-0.3, -0.25) is 4.68 Å². The van der Waals surface area contributed by atoms with Crippen LogP contribution in [0.25, 0.3) is 11.3 Å². The molecule has 1 N–H and O–H groups in total. The molecule has 2 aromatic rings. The van der Waals surface area contributed by atoms with Crippen LogP contribution in [0, 0.1) is 0 Å². The minimum absolute atomic E-state index is 0.293. The number of nitrogens with zero attached hydrogens (tertiary/aromatic N) is 2. The summed E-state index contributed by atoms with van der Waals surface area (Å²) in [4.78, 5) is 0. The molecule has 0 fully saturated rings. The lowest BCUT2D eigenvalue weighted by molar-refractivity contribution is 0.105. The zero-order chi connectivity index (χ0) is 16.6. The van der Waals surface area contributed by atoms with Crippen molar-refractivity contribution in [1.29, 1.82) is 0 Å². The summed E-state index contributed by atoms with van der Waals surface area (Å²) in [5.41, 5.74) is 3.48. The Balaban J connectivity index is 2.09. The molecule has 3 rings (SSSR count). The fourth-order valence-corrected chi connectivity index (χ4v) is 3.36. The average molecular weight is 314 g/mol. The molecule has 23 heavy (non-hydrogen) atoms. The van der Waals surface area contributed by atoms with Gasteiger partial charge in [-0.2, -0.15) is 5.10 Å². The Morgan fingerprint density at radius 2 is 2.00 bits per heavy atom. The second-order valence-electron chi connectivity index (χ2n) is 6.78. The van der Waals surface area contributed by atoms with Crippen molar-refractivity contribution in [2.24, 2.45) is 0 Å². The van der Waals surface area contributed by atoms with Gasteiger partial charge in [0.05, 0.1) is 17.5 Å². The van der Waals surface area contributed by atoms with E-state index < -0.39 is 5.60 Å². The van der Waals surface area contributed by atoms with Gasteiger partial charge < -0.3 is 9.84 Å². The third-order valence-electron chi connectivity index (χ3n) is 4.60. The molecule has 1 aromatic carbocycles. The number of phenolic OH excluding ortho intramolecular Hbond substituents is 1. The van der Waals surface area contributed by atoms with Crippen molar-refractivity contribution < 1.29 is 9.84 Å². The van der Waals surface area contributed by atoms with Crippen molar-refractivity contribution in [1.82, 2.24) is 9.78 Å². The van der Waals surface area contributed by atoms with E-state index in [1.54, 1.807) is 0 Å². The van der Waals surface area contributed by atoms with Gasteiger partial charge in [-0.25, -0.2) is 0 Å². The van der Waals surface area contributed by atoms with Crippen molar-refractivity contribution in [3.63, 3.8) is 0 Å². The third-order valence-corrected chi connectivity index (χ3v) is 4.60. The van der Waals surface area contributed by atoms with Gasteiger partial charge in [0.25, 0.3) is 0 Å². The first-order chi connectivity index (χ1) is 11.0. The highest BCUT2D eigenvalue weighted by atomic mass is 16.5. The highest BCUT2D eigenvalue weighted by Gasteiger charge is 2.37. The number of aromatic hydroxyl groups is 1. The normalized spacial score (nSPS) is 15.0. The zero-order valence-electron chi connectivity index (χ0n) is 14.5. The minimum Gasteiger partial charge on any atom is -0.507 e. The molecule has 0 atom stereocenters. The van der Waals surface area contributed by atoms with E-state index >= 15 is 0 Å². The van der Waals surface area contributed by atoms with E-state index in [9.17, 15) is 5.11 Å². The molecule has 0 saturated heterocycles. The van der Waals surface area contributed by atoms with Crippen LogP contribution >= 0.6 is 0 Å². The van der Waals surface area contributed by atoms with E-state index in [0.717, 1.165) is 47.5 Å². The van der Waals surface area contributed by atoms with E-state index in [4.69, 9.17) is 4.74 Å². The molecule has 1 aliphatic heterocycles. The number of hydrogen-bond donors (Lipinski definition) is 1. The van der Waals surface area contributed by atoms with Crippen LogP contribution in [0.1, 0.15) is 58.1 Å². The number of aryl methyl sites for hydroxylation is 2. The van der Waals surface area contributed by atoms with Gasteiger partial charge in [0, 0.05) is 12.1 Å².